The van der Waals surface area contributed by atoms with E-state index in [4.69, 9.17) is 16.3 Å². The van der Waals surface area contributed by atoms with Gasteiger partial charge in [-0.3, -0.25) is 4.79 Å². The molecule has 0 fully saturated rings. The summed E-state index contributed by atoms with van der Waals surface area (Å²) in [5.41, 5.74) is 1.20. The number of carbonyl (C=O) groups excluding carboxylic acids is 1. The second-order valence-corrected chi connectivity index (χ2v) is 9.06. The molecule has 0 heterocycles. The van der Waals surface area contributed by atoms with Gasteiger partial charge in [-0.1, -0.05) is 54.1 Å². The molecule has 0 bridgehead atoms. The van der Waals surface area contributed by atoms with Crippen LogP contribution in [-0.2, 0) is 21.4 Å². The first kappa shape index (κ1) is 22.8. The number of carbonyl (C=O) groups is 1. The van der Waals surface area contributed by atoms with Crippen LogP contribution in [0.2, 0.25) is 5.02 Å². The molecular formula is C23H23ClN2O4S. The van der Waals surface area contributed by atoms with E-state index in [1.54, 1.807) is 66.7 Å². The Balaban J connectivity index is 1.86. The normalized spacial score (nSPS) is 11.3. The standard InChI is InChI=1S/C23H23ClN2O4S/c1-2-30-22-11-7-6-10-21(22)25-23(27)17-26(16-18-12-14-19(24)15-13-18)31(28,29)20-8-4-3-5-9-20/h3-15H,2,16-17H2,1H3,(H,25,27). The van der Waals surface area contributed by atoms with Crippen LogP contribution in [0, 0.1) is 0 Å². The Morgan fingerprint density at radius 2 is 1.61 bits per heavy atom. The van der Waals surface area contributed by atoms with Crippen LogP contribution in [-0.4, -0.2) is 31.8 Å². The summed E-state index contributed by atoms with van der Waals surface area (Å²) in [6, 6.07) is 21.9. The number of anilines is 1. The Morgan fingerprint density at radius 1 is 0.968 bits per heavy atom. The molecule has 0 unspecified atom stereocenters. The highest BCUT2D eigenvalue weighted by atomic mass is 35.5. The van der Waals surface area contributed by atoms with Gasteiger partial charge in [-0.05, 0) is 48.9 Å². The minimum atomic E-state index is -3.91. The van der Waals surface area contributed by atoms with E-state index in [9.17, 15) is 13.2 Å². The molecule has 1 N–H and O–H groups in total. The molecule has 3 aromatic carbocycles. The van der Waals surface area contributed by atoms with Gasteiger partial charge in [0.1, 0.15) is 5.75 Å². The molecule has 0 aromatic heterocycles. The highest BCUT2D eigenvalue weighted by Crippen LogP contribution is 2.24. The van der Waals surface area contributed by atoms with E-state index >= 15 is 0 Å². The lowest BCUT2D eigenvalue weighted by Gasteiger charge is -2.22. The van der Waals surface area contributed by atoms with Crippen LogP contribution in [0.5, 0.6) is 5.75 Å². The van der Waals surface area contributed by atoms with Crippen LogP contribution in [0.3, 0.4) is 0 Å². The van der Waals surface area contributed by atoms with Gasteiger partial charge in [-0.15, -0.1) is 0 Å². The summed E-state index contributed by atoms with van der Waals surface area (Å²) in [6.07, 6.45) is 0. The number of ether oxygens (including phenoxy) is 1. The maximum atomic E-state index is 13.3. The van der Waals surface area contributed by atoms with E-state index in [0.29, 0.717) is 28.6 Å². The van der Waals surface area contributed by atoms with Crippen molar-refractivity contribution in [2.75, 3.05) is 18.5 Å². The number of halogens is 1. The monoisotopic (exact) mass is 458 g/mol. The fourth-order valence-corrected chi connectivity index (χ4v) is 4.49. The van der Waals surface area contributed by atoms with Gasteiger partial charge < -0.3 is 10.1 Å². The average molecular weight is 459 g/mol. The summed E-state index contributed by atoms with van der Waals surface area (Å²) in [5, 5.41) is 3.30. The smallest absolute Gasteiger partial charge is 0.243 e. The molecule has 0 aliphatic carbocycles. The lowest BCUT2D eigenvalue weighted by atomic mass is 10.2. The first-order chi connectivity index (χ1) is 14.9. The van der Waals surface area contributed by atoms with E-state index in [1.807, 2.05) is 6.92 Å². The van der Waals surface area contributed by atoms with Gasteiger partial charge in [0, 0.05) is 11.6 Å². The average Bonchev–Trinajstić information content (AvgIpc) is 2.77. The van der Waals surface area contributed by atoms with Crippen molar-refractivity contribution in [3.63, 3.8) is 0 Å². The maximum Gasteiger partial charge on any atom is 0.243 e. The summed E-state index contributed by atoms with van der Waals surface area (Å²) in [4.78, 5) is 12.9. The van der Waals surface area contributed by atoms with Crippen molar-refractivity contribution in [2.45, 2.75) is 18.4 Å². The van der Waals surface area contributed by atoms with E-state index in [-0.39, 0.29) is 18.0 Å². The molecule has 0 saturated carbocycles. The molecular weight excluding hydrogens is 436 g/mol. The van der Waals surface area contributed by atoms with Gasteiger partial charge in [-0.25, -0.2) is 8.42 Å². The number of nitrogens with zero attached hydrogens (tertiary/aromatic N) is 1. The minimum Gasteiger partial charge on any atom is -0.492 e. The van der Waals surface area contributed by atoms with Crippen molar-refractivity contribution in [2.24, 2.45) is 0 Å². The van der Waals surface area contributed by atoms with E-state index in [2.05, 4.69) is 5.32 Å². The van der Waals surface area contributed by atoms with Crippen LogP contribution in [0.1, 0.15) is 12.5 Å². The zero-order valence-corrected chi connectivity index (χ0v) is 18.6. The molecule has 8 heteroatoms. The highest BCUT2D eigenvalue weighted by Gasteiger charge is 2.27. The topological polar surface area (TPSA) is 75.7 Å². The van der Waals surface area contributed by atoms with Crippen LogP contribution in [0.25, 0.3) is 0 Å². The van der Waals surface area contributed by atoms with E-state index in [1.165, 1.54) is 12.1 Å². The number of sulfonamides is 1. The number of hydrogen-bond donors (Lipinski definition) is 1. The Kier molecular flexibility index (Phi) is 7.68. The van der Waals surface area contributed by atoms with Crippen molar-refractivity contribution < 1.29 is 17.9 Å². The number of nitrogens with one attached hydrogen (secondary N) is 1. The molecule has 0 aliphatic heterocycles. The third-order valence-corrected chi connectivity index (χ3v) is 6.49. The zero-order chi connectivity index (χ0) is 22.3. The first-order valence-corrected chi connectivity index (χ1v) is 11.5. The third kappa shape index (κ3) is 6.07. The van der Waals surface area contributed by atoms with Crippen molar-refractivity contribution in [1.29, 1.82) is 0 Å². The molecule has 6 nitrogen and oxygen atoms in total. The SMILES string of the molecule is CCOc1ccccc1NC(=O)CN(Cc1ccc(Cl)cc1)S(=O)(=O)c1ccccc1. The van der Waals surface area contributed by atoms with Crippen LogP contribution in [0.4, 0.5) is 5.69 Å². The van der Waals surface area contributed by atoms with Crippen LogP contribution >= 0.6 is 11.6 Å². The maximum absolute atomic E-state index is 13.3. The summed E-state index contributed by atoms with van der Waals surface area (Å²) < 4.78 is 33.2. The predicted octanol–water partition coefficient (Wildman–Crippen LogP) is 4.57. The lowest BCUT2D eigenvalue weighted by molar-refractivity contribution is -0.116. The summed E-state index contributed by atoms with van der Waals surface area (Å²) >= 11 is 5.94. The number of rotatable bonds is 9. The van der Waals surface area contributed by atoms with Gasteiger partial charge in [0.05, 0.1) is 23.7 Å². The second kappa shape index (κ2) is 10.4. The van der Waals surface area contributed by atoms with Crippen molar-refractivity contribution >= 4 is 33.2 Å². The van der Waals surface area contributed by atoms with Crippen molar-refractivity contribution in [1.82, 2.24) is 4.31 Å². The largest absolute Gasteiger partial charge is 0.492 e. The Bertz CT molecular complexity index is 1120. The summed E-state index contributed by atoms with van der Waals surface area (Å²) in [5.74, 6) is 0.0501. The molecule has 3 rings (SSSR count). The Morgan fingerprint density at radius 3 is 2.29 bits per heavy atom. The van der Waals surface area contributed by atoms with Crippen molar-refractivity contribution in [3.05, 3.63) is 89.4 Å². The molecule has 0 spiro atoms. The summed E-state index contributed by atoms with van der Waals surface area (Å²) in [6.45, 7) is 1.95. The Hall–Kier alpha value is -2.87. The quantitative estimate of drug-likeness (QED) is 0.509. The fraction of sp³-hybridized carbons (Fsp3) is 0.174. The van der Waals surface area contributed by atoms with Crippen LogP contribution in [0.15, 0.2) is 83.8 Å². The Labute approximate surface area is 187 Å². The minimum absolute atomic E-state index is 0.0227. The molecule has 162 valence electrons. The van der Waals surface area contributed by atoms with Gasteiger partial charge in [-0.2, -0.15) is 4.31 Å². The number of benzene rings is 3. The second-order valence-electron chi connectivity index (χ2n) is 6.69. The van der Waals surface area contributed by atoms with E-state index in [0.717, 1.165) is 4.31 Å². The third-order valence-electron chi connectivity index (χ3n) is 4.43. The summed E-state index contributed by atoms with van der Waals surface area (Å²) in [7, 11) is -3.91. The molecule has 31 heavy (non-hydrogen) atoms. The molecule has 0 radical (unpaired) electrons. The molecule has 1 amide bonds. The van der Waals surface area contributed by atoms with Crippen molar-refractivity contribution in [3.8, 4) is 5.75 Å². The van der Waals surface area contributed by atoms with Gasteiger partial charge in [0.25, 0.3) is 0 Å². The molecule has 0 atom stereocenters. The predicted molar refractivity (Wildman–Crippen MR) is 122 cm³/mol. The highest BCUT2D eigenvalue weighted by molar-refractivity contribution is 7.89. The lowest BCUT2D eigenvalue weighted by Crippen LogP contribution is -2.37. The van der Waals surface area contributed by atoms with Crippen LogP contribution < -0.4 is 10.1 Å². The number of hydrogen-bond acceptors (Lipinski definition) is 4. The molecule has 0 aliphatic rings. The van der Waals surface area contributed by atoms with E-state index < -0.39 is 15.9 Å². The first-order valence-electron chi connectivity index (χ1n) is 9.71. The fourth-order valence-electron chi connectivity index (χ4n) is 2.96. The van der Waals surface area contributed by atoms with Gasteiger partial charge in [0.15, 0.2) is 0 Å². The van der Waals surface area contributed by atoms with Gasteiger partial charge >= 0.3 is 0 Å². The van der Waals surface area contributed by atoms with Gasteiger partial charge in [0.2, 0.25) is 15.9 Å². The molecule has 0 saturated heterocycles. The molecule has 3 aromatic rings. The number of amides is 1. The number of para-hydroxylation sites is 2. The zero-order valence-electron chi connectivity index (χ0n) is 17.0.